The van der Waals surface area contributed by atoms with Crippen molar-refractivity contribution in [3.8, 4) is 27.7 Å². The van der Waals surface area contributed by atoms with Crippen LogP contribution in [0.3, 0.4) is 0 Å². The number of thiophene rings is 1. The van der Waals surface area contributed by atoms with Crippen LogP contribution >= 0.6 is 11.3 Å². The van der Waals surface area contributed by atoms with E-state index < -0.39 is 5.97 Å². The molecule has 0 spiro atoms. The van der Waals surface area contributed by atoms with Crippen LogP contribution in [0, 0.1) is 0 Å². The Morgan fingerprint density at radius 3 is 2.36 bits per heavy atom. The number of hydrogen-bond acceptors (Lipinski definition) is 8. The quantitative estimate of drug-likeness (QED) is 0.136. The van der Waals surface area contributed by atoms with E-state index in [4.69, 9.17) is 14.2 Å². The van der Waals surface area contributed by atoms with Gasteiger partial charge >= 0.3 is 18.9 Å². The summed E-state index contributed by atoms with van der Waals surface area (Å²) in [6, 6.07) is 22.8. The summed E-state index contributed by atoms with van der Waals surface area (Å²) in [5.74, 6) is 1.23. The number of ether oxygens (including phenoxy) is 3. The Labute approximate surface area is 292 Å². The van der Waals surface area contributed by atoms with Crippen molar-refractivity contribution in [3.05, 3.63) is 77.9 Å². The van der Waals surface area contributed by atoms with Crippen molar-refractivity contribution in [2.45, 2.75) is 44.9 Å². The average Bonchev–Trinajstić information content (AvgIpc) is 3.82. The van der Waals surface area contributed by atoms with Gasteiger partial charge in [-0.05, 0) is 110 Å². The first kappa shape index (κ1) is 34.8. The molecule has 10 heteroatoms. The number of carboxylic acids is 1. The van der Waals surface area contributed by atoms with Crippen LogP contribution in [0.15, 0.2) is 66.7 Å². The molecule has 2 saturated heterocycles. The third kappa shape index (κ3) is 9.32. The predicted octanol–water partition coefficient (Wildman–Crippen LogP) is 2.55. The molecule has 2 fully saturated rings. The van der Waals surface area contributed by atoms with Crippen molar-refractivity contribution in [3.63, 3.8) is 0 Å². The van der Waals surface area contributed by atoms with E-state index in [0.29, 0.717) is 44.1 Å². The molecule has 2 aliphatic rings. The first-order valence-corrected chi connectivity index (χ1v) is 17.2. The molecule has 47 heavy (non-hydrogen) atoms. The number of rotatable bonds is 16. The number of nitrogens with zero attached hydrogens (tertiary/aromatic N) is 2. The van der Waals surface area contributed by atoms with Crippen LogP contribution in [0.1, 0.15) is 49.7 Å². The van der Waals surface area contributed by atoms with Crippen molar-refractivity contribution >= 4 is 33.3 Å². The minimum absolute atomic E-state index is 0. The predicted molar refractivity (Wildman–Crippen MR) is 179 cm³/mol. The number of amides is 1. The zero-order chi connectivity index (χ0) is 31.7. The van der Waals surface area contributed by atoms with Gasteiger partial charge in [0.1, 0.15) is 19.0 Å². The van der Waals surface area contributed by atoms with Gasteiger partial charge in [0.2, 0.25) is 5.91 Å². The Morgan fingerprint density at radius 2 is 1.60 bits per heavy atom. The van der Waals surface area contributed by atoms with E-state index in [0.717, 1.165) is 50.3 Å². The molecule has 0 saturated carbocycles. The van der Waals surface area contributed by atoms with Gasteiger partial charge in [0, 0.05) is 35.1 Å². The Bertz CT molecular complexity index is 1640. The summed E-state index contributed by atoms with van der Waals surface area (Å²) in [5, 5.41) is 12.2. The number of aliphatic carboxylic acids is 1. The molecule has 1 aromatic heterocycles. The van der Waals surface area contributed by atoms with Gasteiger partial charge in [-0.3, -0.25) is 9.69 Å². The van der Waals surface area contributed by atoms with Gasteiger partial charge in [-0.2, -0.15) is 0 Å². The van der Waals surface area contributed by atoms with Crippen LogP contribution in [-0.2, 0) is 16.0 Å². The molecule has 0 bridgehead atoms. The second-order valence-electron chi connectivity index (χ2n) is 11.9. The second-order valence-corrected chi connectivity index (χ2v) is 13.0. The smallest absolute Gasteiger partial charge is 0.550 e. The van der Waals surface area contributed by atoms with Crippen molar-refractivity contribution < 1.29 is 47.8 Å². The zero-order valence-electron chi connectivity index (χ0n) is 27.2. The first-order chi connectivity index (χ1) is 22.5. The zero-order valence-corrected chi connectivity index (χ0v) is 28.0. The summed E-state index contributed by atoms with van der Waals surface area (Å²) in [7, 11) is 0. The van der Waals surface area contributed by atoms with E-state index in [9.17, 15) is 14.7 Å². The monoisotopic (exact) mass is 648 g/mol. The molecule has 4 aromatic rings. The number of carbonyl (C=O) groups excluding carboxylic acids is 2. The molecule has 242 valence electrons. The molecular formula is C37H41LiN2O6S. The van der Waals surface area contributed by atoms with Crippen LogP contribution in [0.2, 0.25) is 0 Å². The maximum Gasteiger partial charge on any atom is 1.00 e. The summed E-state index contributed by atoms with van der Waals surface area (Å²) in [6.07, 6.45) is 5.11. The van der Waals surface area contributed by atoms with E-state index in [1.54, 1.807) is 11.3 Å². The van der Waals surface area contributed by atoms with E-state index in [1.807, 2.05) is 29.2 Å². The minimum atomic E-state index is -1.08. The fourth-order valence-corrected chi connectivity index (χ4v) is 7.42. The topological polar surface area (TPSA) is 91.4 Å². The molecule has 6 rings (SSSR count). The summed E-state index contributed by atoms with van der Waals surface area (Å²) in [5.41, 5.74) is 3.45. The fourth-order valence-electron chi connectivity index (χ4n) is 6.20. The molecule has 3 aromatic carbocycles. The fraction of sp³-hybridized carbons (Fsp3) is 0.405. The maximum atomic E-state index is 11.9. The standard InChI is InChI=1S/C37H42N2O6S.Li/c40-35-9-5-19-39(35)21-24-43-29-14-11-27(12-15-29)25-31-30-7-1-2-8-34(30)46-37(31)28-13-16-32(45-23-20-38-17-3-4-18-38)33(26-28)44-22-6-10-36(41)42;/h1-2,7-8,11-16,26H,3-6,9-10,17-25H2,(H,41,42);/q;+1/p-1. The molecule has 0 unspecified atom stereocenters. The van der Waals surface area contributed by atoms with Crippen molar-refractivity contribution in [2.24, 2.45) is 0 Å². The van der Waals surface area contributed by atoms with Crippen molar-refractivity contribution in [1.82, 2.24) is 9.80 Å². The number of hydrogen-bond donors (Lipinski definition) is 0. The number of benzene rings is 3. The number of fused-ring (bicyclic) bond motifs is 1. The van der Waals surface area contributed by atoms with Gasteiger partial charge in [-0.25, -0.2) is 0 Å². The van der Waals surface area contributed by atoms with Crippen molar-refractivity contribution in [2.75, 3.05) is 52.5 Å². The average molecular weight is 649 g/mol. The molecule has 8 nitrogen and oxygen atoms in total. The number of carbonyl (C=O) groups is 2. The Balaban J connectivity index is 0.00000433. The maximum absolute atomic E-state index is 11.9. The van der Waals surface area contributed by atoms with Gasteiger partial charge in [0.25, 0.3) is 0 Å². The largest absolute Gasteiger partial charge is 1.00 e. The summed E-state index contributed by atoms with van der Waals surface area (Å²) in [6.45, 7) is 5.86. The molecule has 0 radical (unpaired) electrons. The summed E-state index contributed by atoms with van der Waals surface area (Å²) < 4.78 is 19.5. The van der Waals surface area contributed by atoms with Crippen molar-refractivity contribution in [1.29, 1.82) is 0 Å². The van der Waals surface area contributed by atoms with E-state index in [-0.39, 0.29) is 37.8 Å². The molecular weight excluding hydrogens is 607 g/mol. The second kappa shape index (κ2) is 17.1. The van der Waals surface area contributed by atoms with Gasteiger partial charge in [0.05, 0.1) is 13.2 Å². The minimum Gasteiger partial charge on any atom is -0.550 e. The van der Waals surface area contributed by atoms with E-state index in [2.05, 4.69) is 47.4 Å². The van der Waals surface area contributed by atoms with Crippen LogP contribution in [-0.4, -0.2) is 74.2 Å². The van der Waals surface area contributed by atoms with Gasteiger partial charge < -0.3 is 29.0 Å². The van der Waals surface area contributed by atoms with Crippen LogP contribution < -0.4 is 38.2 Å². The third-order valence-electron chi connectivity index (χ3n) is 8.66. The summed E-state index contributed by atoms with van der Waals surface area (Å²) >= 11 is 1.76. The van der Waals surface area contributed by atoms with Gasteiger partial charge in [0.15, 0.2) is 11.5 Å². The van der Waals surface area contributed by atoms with Gasteiger partial charge in [-0.1, -0.05) is 30.3 Å². The SMILES string of the molecule is O=C([O-])CCCOc1cc(-c2sc3ccccc3c2Cc2ccc(OCCN3CCCC3=O)cc2)ccc1OCCN1CCCC1.[Li+]. The normalized spacial score (nSPS) is 14.8. The molecule has 0 atom stereocenters. The Morgan fingerprint density at radius 1 is 0.830 bits per heavy atom. The van der Waals surface area contributed by atoms with E-state index in [1.165, 1.54) is 38.9 Å². The molecule has 0 N–H and O–H groups in total. The Kier molecular flexibility index (Phi) is 12.7. The third-order valence-corrected chi connectivity index (χ3v) is 9.92. The van der Waals surface area contributed by atoms with Crippen LogP contribution in [0.4, 0.5) is 0 Å². The molecule has 2 aliphatic heterocycles. The summed E-state index contributed by atoms with van der Waals surface area (Å²) in [4.78, 5) is 28.3. The number of carboxylic acid groups (broad SMARTS) is 1. The molecule has 3 heterocycles. The van der Waals surface area contributed by atoms with Gasteiger partial charge in [-0.15, -0.1) is 11.3 Å². The Hall–Kier alpha value is -3.48. The first-order valence-electron chi connectivity index (χ1n) is 16.4. The van der Waals surface area contributed by atoms with Crippen LogP contribution in [0.25, 0.3) is 20.5 Å². The van der Waals surface area contributed by atoms with E-state index >= 15 is 0 Å². The molecule has 0 aliphatic carbocycles. The van der Waals surface area contributed by atoms with Crippen LogP contribution in [0.5, 0.6) is 17.2 Å². The number of likely N-dealkylation sites (tertiary alicyclic amines) is 2. The molecule has 1 amide bonds.